The molecule has 0 aromatic rings. The van der Waals surface area contributed by atoms with Gasteiger partial charge in [-0.15, -0.1) is 0 Å². The standard InChI is InChI=1S/C8H17NO2/c1-3-10-9-6-8-5-4-7(2)11-8/h7-9H,3-6H2,1-2H3. The van der Waals surface area contributed by atoms with E-state index in [1.54, 1.807) is 0 Å². The summed E-state index contributed by atoms with van der Waals surface area (Å²) < 4.78 is 5.57. The normalized spacial score (nSPS) is 31.1. The first-order chi connectivity index (χ1) is 5.33. The summed E-state index contributed by atoms with van der Waals surface area (Å²) in [6.07, 6.45) is 3.12. The average Bonchev–Trinajstić information content (AvgIpc) is 2.37. The first kappa shape index (κ1) is 8.97. The zero-order valence-electron chi connectivity index (χ0n) is 7.30. The monoisotopic (exact) mass is 159 g/mol. The molecule has 0 aromatic heterocycles. The fraction of sp³-hybridized carbons (Fsp3) is 1.00. The second-order valence-corrected chi connectivity index (χ2v) is 2.93. The van der Waals surface area contributed by atoms with E-state index in [-0.39, 0.29) is 0 Å². The Balaban J connectivity index is 1.99. The van der Waals surface area contributed by atoms with Crippen molar-refractivity contribution in [1.82, 2.24) is 5.48 Å². The van der Waals surface area contributed by atoms with Crippen LogP contribution in [0.1, 0.15) is 26.7 Å². The molecule has 1 aliphatic rings. The van der Waals surface area contributed by atoms with E-state index in [0.29, 0.717) is 18.8 Å². The van der Waals surface area contributed by atoms with E-state index in [4.69, 9.17) is 9.57 Å². The van der Waals surface area contributed by atoms with Crippen molar-refractivity contribution in [2.45, 2.75) is 38.9 Å². The summed E-state index contributed by atoms with van der Waals surface area (Å²) in [5.74, 6) is 0. The molecule has 0 aromatic carbocycles. The zero-order valence-corrected chi connectivity index (χ0v) is 7.30. The third-order valence-electron chi connectivity index (χ3n) is 1.88. The van der Waals surface area contributed by atoms with Crippen LogP contribution in [0, 0.1) is 0 Å². The Morgan fingerprint density at radius 3 is 2.91 bits per heavy atom. The van der Waals surface area contributed by atoms with E-state index >= 15 is 0 Å². The lowest BCUT2D eigenvalue weighted by Gasteiger charge is -2.10. The van der Waals surface area contributed by atoms with Gasteiger partial charge in [-0.05, 0) is 26.7 Å². The van der Waals surface area contributed by atoms with Crippen molar-refractivity contribution in [3.63, 3.8) is 0 Å². The molecule has 0 amide bonds. The van der Waals surface area contributed by atoms with Gasteiger partial charge in [-0.3, -0.25) is 0 Å². The van der Waals surface area contributed by atoms with E-state index in [1.807, 2.05) is 6.92 Å². The highest BCUT2D eigenvalue weighted by Gasteiger charge is 2.20. The Morgan fingerprint density at radius 2 is 2.36 bits per heavy atom. The van der Waals surface area contributed by atoms with Gasteiger partial charge in [-0.25, -0.2) is 0 Å². The second kappa shape index (κ2) is 4.70. The van der Waals surface area contributed by atoms with Crippen LogP contribution in [0.15, 0.2) is 0 Å². The van der Waals surface area contributed by atoms with Gasteiger partial charge >= 0.3 is 0 Å². The molecule has 0 spiro atoms. The number of nitrogens with one attached hydrogen (secondary N) is 1. The predicted octanol–water partition coefficient (Wildman–Crippen LogP) is 1.09. The predicted molar refractivity (Wildman–Crippen MR) is 43.2 cm³/mol. The minimum atomic E-state index is 0.358. The van der Waals surface area contributed by atoms with Gasteiger partial charge < -0.3 is 9.57 Å². The van der Waals surface area contributed by atoms with Crippen LogP contribution < -0.4 is 5.48 Å². The first-order valence-electron chi connectivity index (χ1n) is 4.33. The minimum Gasteiger partial charge on any atom is -0.374 e. The van der Waals surface area contributed by atoms with Gasteiger partial charge in [0.1, 0.15) is 0 Å². The molecule has 3 heteroatoms. The van der Waals surface area contributed by atoms with E-state index in [2.05, 4.69) is 12.4 Å². The molecule has 11 heavy (non-hydrogen) atoms. The summed E-state index contributed by atoms with van der Waals surface area (Å²) in [6.45, 7) is 5.60. The van der Waals surface area contributed by atoms with Gasteiger partial charge in [-0.2, -0.15) is 5.48 Å². The lowest BCUT2D eigenvalue weighted by atomic mass is 10.2. The highest BCUT2D eigenvalue weighted by Crippen LogP contribution is 2.17. The third kappa shape index (κ3) is 3.18. The van der Waals surface area contributed by atoms with Gasteiger partial charge in [-0.1, -0.05) is 0 Å². The van der Waals surface area contributed by atoms with Crippen molar-refractivity contribution >= 4 is 0 Å². The van der Waals surface area contributed by atoms with Gasteiger partial charge in [0.15, 0.2) is 0 Å². The van der Waals surface area contributed by atoms with Crippen LogP contribution in [0.3, 0.4) is 0 Å². The van der Waals surface area contributed by atoms with Gasteiger partial charge in [0.25, 0.3) is 0 Å². The molecule has 1 aliphatic heterocycles. The van der Waals surface area contributed by atoms with Crippen LogP contribution in [0.4, 0.5) is 0 Å². The Hall–Kier alpha value is -0.120. The SMILES string of the molecule is CCONCC1CCC(C)O1. The van der Waals surface area contributed by atoms with E-state index in [1.165, 1.54) is 6.42 Å². The summed E-state index contributed by atoms with van der Waals surface area (Å²) in [4.78, 5) is 5.00. The molecular formula is C8H17NO2. The van der Waals surface area contributed by atoms with Crippen molar-refractivity contribution < 1.29 is 9.57 Å². The van der Waals surface area contributed by atoms with E-state index in [0.717, 1.165) is 13.0 Å². The molecule has 0 radical (unpaired) electrons. The summed E-state index contributed by atoms with van der Waals surface area (Å²) >= 11 is 0. The van der Waals surface area contributed by atoms with E-state index in [9.17, 15) is 0 Å². The van der Waals surface area contributed by atoms with Crippen LogP contribution in [-0.2, 0) is 9.57 Å². The summed E-state index contributed by atoms with van der Waals surface area (Å²) in [7, 11) is 0. The fourth-order valence-electron chi connectivity index (χ4n) is 1.29. The minimum absolute atomic E-state index is 0.358. The van der Waals surface area contributed by atoms with Crippen molar-refractivity contribution in [3.05, 3.63) is 0 Å². The molecule has 66 valence electrons. The maximum atomic E-state index is 5.57. The van der Waals surface area contributed by atoms with Crippen LogP contribution in [-0.4, -0.2) is 25.4 Å². The summed E-state index contributed by atoms with van der Waals surface area (Å²) in [5.41, 5.74) is 2.87. The van der Waals surface area contributed by atoms with Crippen LogP contribution in [0.5, 0.6) is 0 Å². The highest BCUT2D eigenvalue weighted by atomic mass is 16.6. The molecule has 1 rings (SSSR count). The van der Waals surface area contributed by atoms with Gasteiger partial charge in [0, 0.05) is 6.54 Å². The molecule has 0 aliphatic carbocycles. The summed E-state index contributed by atoms with van der Waals surface area (Å²) in [6, 6.07) is 0. The molecule has 1 heterocycles. The number of hydrogen-bond acceptors (Lipinski definition) is 3. The molecular weight excluding hydrogens is 142 g/mol. The second-order valence-electron chi connectivity index (χ2n) is 2.93. The lowest BCUT2D eigenvalue weighted by Crippen LogP contribution is -2.26. The Morgan fingerprint density at radius 1 is 1.55 bits per heavy atom. The highest BCUT2D eigenvalue weighted by molar-refractivity contribution is 4.70. The molecule has 1 N–H and O–H groups in total. The van der Waals surface area contributed by atoms with Crippen molar-refractivity contribution in [1.29, 1.82) is 0 Å². The summed E-state index contributed by atoms with van der Waals surface area (Å²) in [5, 5.41) is 0. The zero-order chi connectivity index (χ0) is 8.10. The van der Waals surface area contributed by atoms with Crippen LogP contribution >= 0.6 is 0 Å². The number of hydroxylamine groups is 1. The Kier molecular flexibility index (Phi) is 3.83. The Labute approximate surface area is 68.0 Å². The molecule has 1 fully saturated rings. The smallest absolute Gasteiger partial charge is 0.0727 e. The quantitative estimate of drug-likeness (QED) is 0.492. The number of rotatable bonds is 4. The van der Waals surface area contributed by atoms with Crippen molar-refractivity contribution in [2.24, 2.45) is 0 Å². The van der Waals surface area contributed by atoms with Crippen molar-refractivity contribution in [3.8, 4) is 0 Å². The largest absolute Gasteiger partial charge is 0.374 e. The topological polar surface area (TPSA) is 30.5 Å². The van der Waals surface area contributed by atoms with Crippen molar-refractivity contribution in [2.75, 3.05) is 13.2 Å². The van der Waals surface area contributed by atoms with Crippen LogP contribution in [0.25, 0.3) is 0 Å². The molecule has 3 nitrogen and oxygen atoms in total. The number of ether oxygens (including phenoxy) is 1. The average molecular weight is 159 g/mol. The molecule has 0 saturated carbocycles. The fourth-order valence-corrected chi connectivity index (χ4v) is 1.29. The van der Waals surface area contributed by atoms with E-state index < -0.39 is 0 Å². The first-order valence-corrected chi connectivity index (χ1v) is 4.33. The number of hydrogen-bond donors (Lipinski definition) is 1. The Bertz CT molecular complexity index is 108. The van der Waals surface area contributed by atoms with Gasteiger partial charge in [0.2, 0.25) is 0 Å². The molecule has 0 bridgehead atoms. The van der Waals surface area contributed by atoms with Gasteiger partial charge in [0.05, 0.1) is 18.8 Å². The lowest BCUT2D eigenvalue weighted by molar-refractivity contribution is -0.00377. The molecule has 1 saturated heterocycles. The molecule has 2 unspecified atom stereocenters. The molecule has 2 atom stereocenters. The maximum Gasteiger partial charge on any atom is 0.0727 e. The maximum absolute atomic E-state index is 5.57. The van der Waals surface area contributed by atoms with Crippen LogP contribution in [0.2, 0.25) is 0 Å². The third-order valence-corrected chi connectivity index (χ3v) is 1.88.